The summed E-state index contributed by atoms with van der Waals surface area (Å²) >= 11 is 15.3. The van der Waals surface area contributed by atoms with Gasteiger partial charge in [0.2, 0.25) is 0 Å². The molecule has 0 spiro atoms. The van der Waals surface area contributed by atoms with Crippen LogP contribution in [0, 0.1) is 0 Å². The van der Waals surface area contributed by atoms with Gasteiger partial charge in [-0.15, -0.1) is 0 Å². The van der Waals surface area contributed by atoms with Crippen LogP contribution < -0.4 is 15.1 Å². The highest BCUT2D eigenvalue weighted by molar-refractivity contribution is 9.10. The minimum Gasteiger partial charge on any atom is -0.369 e. The van der Waals surface area contributed by atoms with Crippen LogP contribution in [-0.4, -0.2) is 29.5 Å². The number of halogens is 2. The highest BCUT2D eigenvalue weighted by atomic mass is 79.9. The Labute approximate surface area is 206 Å². The lowest BCUT2D eigenvalue weighted by Crippen LogP contribution is -2.54. The molecule has 1 atom stereocenters. The molecule has 2 heterocycles. The fourth-order valence-electron chi connectivity index (χ4n) is 4.38. The molecule has 2 aliphatic heterocycles. The van der Waals surface area contributed by atoms with Gasteiger partial charge in [0.25, 0.3) is 11.8 Å². The summed E-state index contributed by atoms with van der Waals surface area (Å²) in [7, 11) is 2.06. The van der Waals surface area contributed by atoms with Gasteiger partial charge in [0, 0.05) is 27.8 Å². The number of thiocarbonyl (C=S) groups is 1. The number of rotatable bonds is 2. The third-order valence-corrected chi connectivity index (χ3v) is 7.33. The SMILES string of the molecule is C[C@H]1CC(C)(C)N(C)c2cc(Cl)c(/C=C3\C(=O)NC(=S)N(c4cccc(Br)c4)C3=O)cc21. The number of hydrogen-bond donors (Lipinski definition) is 1. The Hall–Kier alpha value is -2.22. The Morgan fingerprint density at radius 1 is 1.25 bits per heavy atom. The summed E-state index contributed by atoms with van der Waals surface area (Å²) in [5.41, 5.74) is 3.40. The fraction of sp³-hybridized carbons (Fsp3) is 0.292. The molecule has 2 aliphatic rings. The third kappa shape index (κ3) is 3.98. The van der Waals surface area contributed by atoms with Gasteiger partial charge in [-0.25, -0.2) is 0 Å². The van der Waals surface area contributed by atoms with Gasteiger partial charge in [-0.1, -0.05) is 40.5 Å². The van der Waals surface area contributed by atoms with Crippen LogP contribution in [-0.2, 0) is 9.59 Å². The number of amides is 2. The highest BCUT2D eigenvalue weighted by Gasteiger charge is 2.36. The Balaban J connectivity index is 1.78. The van der Waals surface area contributed by atoms with Crippen molar-refractivity contribution < 1.29 is 9.59 Å². The first-order valence-electron chi connectivity index (χ1n) is 10.2. The summed E-state index contributed by atoms with van der Waals surface area (Å²) in [5, 5.41) is 3.15. The molecule has 2 aromatic rings. The molecule has 5 nitrogen and oxygen atoms in total. The molecule has 2 amide bonds. The van der Waals surface area contributed by atoms with E-state index in [-0.39, 0.29) is 16.2 Å². The van der Waals surface area contributed by atoms with Crippen LogP contribution in [0.2, 0.25) is 5.02 Å². The Bertz CT molecular complexity index is 1190. The van der Waals surface area contributed by atoms with Crippen molar-refractivity contribution in [3.8, 4) is 0 Å². The number of fused-ring (bicyclic) bond motifs is 1. The first kappa shape index (κ1) is 23.0. The zero-order valence-corrected chi connectivity index (χ0v) is 21.4. The molecule has 2 aromatic carbocycles. The van der Waals surface area contributed by atoms with Crippen molar-refractivity contribution in [1.29, 1.82) is 0 Å². The monoisotopic (exact) mass is 531 g/mol. The van der Waals surface area contributed by atoms with Crippen molar-refractivity contribution in [3.05, 3.63) is 62.6 Å². The molecule has 0 radical (unpaired) electrons. The minimum atomic E-state index is -0.536. The number of hydrogen-bond acceptors (Lipinski definition) is 4. The number of carbonyl (C=O) groups excluding carboxylic acids is 2. The van der Waals surface area contributed by atoms with E-state index in [2.05, 4.69) is 54.0 Å². The molecule has 0 aliphatic carbocycles. The standard InChI is InChI=1S/C24H23BrClN3O2S/c1-13-12-24(2,3)28(4)20-11-19(26)14(8-17(13)20)9-18-21(30)27-23(32)29(22(18)31)16-7-5-6-15(25)10-16/h5-11,13H,12H2,1-4H3,(H,27,30,32)/b18-9+/t13-/m0/s1. The third-order valence-electron chi connectivity index (χ3n) is 6.22. The van der Waals surface area contributed by atoms with E-state index in [1.807, 2.05) is 18.2 Å². The molecule has 4 rings (SSSR count). The molecule has 32 heavy (non-hydrogen) atoms. The average molecular weight is 533 g/mol. The van der Waals surface area contributed by atoms with Gasteiger partial charge in [-0.05, 0) is 85.9 Å². The quantitative estimate of drug-likeness (QED) is 0.308. The summed E-state index contributed by atoms with van der Waals surface area (Å²) in [6.45, 7) is 6.60. The Kier molecular flexibility index (Phi) is 5.94. The first-order valence-corrected chi connectivity index (χ1v) is 11.8. The predicted molar refractivity (Wildman–Crippen MR) is 137 cm³/mol. The molecule has 1 saturated heterocycles. The zero-order valence-electron chi connectivity index (χ0n) is 18.2. The van der Waals surface area contributed by atoms with Crippen molar-refractivity contribution in [2.45, 2.75) is 38.6 Å². The summed E-state index contributed by atoms with van der Waals surface area (Å²) in [5.74, 6) is -0.712. The van der Waals surface area contributed by atoms with Crippen LogP contribution in [0.5, 0.6) is 0 Å². The van der Waals surface area contributed by atoms with Crippen LogP contribution in [0.1, 0.15) is 44.2 Å². The second-order valence-electron chi connectivity index (χ2n) is 8.85. The van der Waals surface area contributed by atoms with Gasteiger partial charge in [-0.2, -0.15) is 0 Å². The number of carbonyl (C=O) groups is 2. The maximum absolute atomic E-state index is 13.3. The predicted octanol–water partition coefficient (Wildman–Crippen LogP) is 5.66. The number of benzene rings is 2. The lowest BCUT2D eigenvalue weighted by molar-refractivity contribution is -0.122. The van der Waals surface area contributed by atoms with Gasteiger partial charge < -0.3 is 4.90 Å². The van der Waals surface area contributed by atoms with Gasteiger partial charge in [0.05, 0.1) is 5.69 Å². The molecule has 1 N–H and O–H groups in total. The average Bonchev–Trinajstić information content (AvgIpc) is 2.69. The molecule has 0 bridgehead atoms. The fourth-order valence-corrected chi connectivity index (χ4v) is 5.26. The van der Waals surface area contributed by atoms with E-state index in [0.717, 1.165) is 22.1 Å². The van der Waals surface area contributed by atoms with Gasteiger partial charge in [0.1, 0.15) is 5.57 Å². The lowest BCUT2D eigenvalue weighted by atomic mass is 9.80. The normalized spacial score (nSPS) is 21.6. The molecular weight excluding hydrogens is 510 g/mol. The van der Waals surface area contributed by atoms with Gasteiger partial charge in [0.15, 0.2) is 5.11 Å². The Morgan fingerprint density at radius 3 is 2.66 bits per heavy atom. The molecule has 166 valence electrons. The van der Waals surface area contributed by atoms with E-state index in [1.54, 1.807) is 24.3 Å². The summed E-state index contributed by atoms with van der Waals surface area (Å²) in [6, 6.07) is 11.1. The van der Waals surface area contributed by atoms with Crippen molar-refractivity contribution >= 4 is 74.1 Å². The zero-order chi connectivity index (χ0) is 23.4. The lowest BCUT2D eigenvalue weighted by Gasteiger charge is -2.45. The van der Waals surface area contributed by atoms with E-state index in [9.17, 15) is 9.59 Å². The van der Waals surface area contributed by atoms with E-state index < -0.39 is 11.8 Å². The van der Waals surface area contributed by atoms with E-state index in [0.29, 0.717) is 22.2 Å². The highest BCUT2D eigenvalue weighted by Crippen LogP contribution is 2.44. The molecule has 8 heteroatoms. The van der Waals surface area contributed by atoms with Crippen LogP contribution in [0.4, 0.5) is 11.4 Å². The van der Waals surface area contributed by atoms with E-state index in [4.69, 9.17) is 23.8 Å². The van der Waals surface area contributed by atoms with Crippen LogP contribution in [0.15, 0.2) is 46.4 Å². The second kappa shape index (κ2) is 8.28. The summed E-state index contributed by atoms with van der Waals surface area (Å²) < 4.78 is 0.798. The first-order chi connectivity index (χ1) is 15.0. The van der Waals surface area contributed by atoms with Crippen molar-refractivity contribution in [2.75, 3.05) is 16.8 Å². The number of nitrogens with one attached hydrogen (secondary N) is 1. The number of nitrogens with zero attached hydrogens (tertiary/aromatic N) is 2. The molecule has 0 unspecified atom stereocenters. The van der Waals surface area contributed by atoms with Crippen LogP contribution in [0.25, 0.3) is 6.08 Å². The van der Waals surface area contributed by atoms with Gasteiger partial charge >= 0.3 is 0 Å². The largest absolute Gasteiger partial charge is 0.369 e. The number of anilines is 2. The Morgan fingerprint density at radius 2 is 1.97 bits per heavy atom. The molecule has 0 aromatic heterocycles. The molecule has 0 saturated carbocycles. The van der Waals surface area contributed by atoms with Crippen LogP contribution >= 0.6 is 39.7 Å². The summed E-state index contributed by atoms with van der Waals surface area (Å²) in [4.78, 5) is 29.5. The second-order valence-corrected chi connectivity index (χ2v) is 10.6. The van der Waals surface area contributed by atoms with E-state index >= 15 is 0 Å². The maximum Gasteiger partial charge on any atom is 0.270 e. The van der Waals surface area contributed by atoms with E-state index in [1.165, 1.54) is 4.90 Å². The van der Waals surface area contributed by atoms with Crippen LogP contribution in [0.3, 0.4) is 0 Å². The molecular formula is C24H23BrClN3O2S. The summed E-state index contributed by atoms with van der Waals surface area (Å²) in [6.07, 6.45) is 2.54. The van der Waals surface area contributed by atoms with Crippen molar-refractivity contribution in [3.63, 3.8) is 0 Å². The molecule has 1 fully saturated rings. The van der Waals surface area contributed by atoms with Crippen molar-refractivity contribution in [2.24, 2.45) is 0 Å². The van der Waals surface area contributed by atoms with Gasteiger partial charge in [-0.3, -0.25) is 19.8 Å². The maximum atomic E-state index is 13.3. The van der Waals surface area contributed by atoms with Crippen molar-refractivity contribution in [1.82, 2.24) is 5.32 Å². The smallest absolute Gasteiger partial charge is 0.270 e. The topological polar surface area (TPSA) is 52.7 Å². The minimum absolute atomic E-state index is 0.00903.